The molecule has 4 rings (SSSR count). The molecule has 1 aliphatic carbocycles. The van der Waals surface area contributed by atoms with Crippen molar-refractivity contribution in [2.24, 2.45) is 5.92 Å². The fourth-order valence-electron chi connectivity index (χ4n) is 4.79. The number of carbonyl (C=O) groups excluding carboxylic acids is 1. The fourth-order valence-corrected chi connectivity index (χ4v) is 4.79. The first kappa shape index (κ1) is 17.3. The molecule has 2 fully saturated rings. The first-order valence-electron chi connectivity index (χ1n) is 9.89. The van der Waals surface area contributed by atoms with E-state index in [0.717, 1.165) is 30.5 Å². The van der Waals surface area contributed by atoms with Crippen molar-refractivity contribution in [3.63, 3.8) is 0 Å². The quantitative estimate of drug-likeness (QED) is 0.851. The molecule has 2 atom stereocenters. The van der Waals surface area contributed by atoms with Crippen molar-refractivity contribution < 1.29 is 4.79 Å². The Balaban J connectivity index is 1.48. The molecule has 1 amide bonds. The second kappa shape index (κ2) is 7.22. The number of likely N-dealkylation sites (tertiary alicyclic amines) is 1. The Hall–Kier alpha value is -2.17. The Labute approximate surface area is 154 Å². The molecule has 1 aromatic carbocycles. The summed E-state index contributed by atoms with van der Waals surface area (Å²) in [5, 5.41) is 0.630. The van der Waals surface area contributed by atoms with E-state index >= 15 is 0 Å². The molecular formula is C21H27N3O2. The van der Waals surface area contributed by atoms with Gasteiger partial charge in [-0.3, -0.25) is 14.2 Å². The molecule has 0 radical (unpaired) electrons. The van der Waals surface area contributed by atoms with Crippen molar-refractivity contribution in [3.8, 4) is 0 Å². The van der Waals surface area contributed by atoms with E-state index in [4.69, 9.17) is 0 Å². The predicted molar refractivity (Wildman–Crippen MR) is 102 cm³/mol. The number of fused-ring (bicyclic) bond motifs is 2. The first-order valence-corrected chi connectivity index (χ1v) is 9.89. The molecule has 1 saturated carbocycles. The summed E-state index contributed by atoms with van der Waals surface area (Å²) in [4.78, 5) is 32.1. The van der Waals surface area contributed by atoms with Crippen LogP contribution < -0.4 is 5.56 Å². The lowest BCUT2D eigenvalue weighted by molar-refractivity contribution is -0.137. The van der Waals surface area contributed by atoms with Gasteiger partial charge in [0.1, 0.15) is 0 Å². The minimum Gasteiger partial charge on any atom is -0.339 e. The van der Waals surface area contributed by atoms with Crippen molar-refractivity contribution in [1.82, 2.24) is 14.5 Å². The average molecular weight is 353 g/mol. The van der Waals surface area contributed by atoms with Gasteiger partial charge in [-0.25, -0.2) is 4.98 Å². The van der Waals surface area contributed by atoms with E-state index in [2.05, 4.69) is 9.88 Å². The smallest absolute Gasteiger partial charge is 0.261 e. The highest BCUT2D eigenvalue weighted by molar-refractivity contribution is 5.80. The van der Waals surface area contributed by atoms with Gasteiger partial charge in [-0.05, 0) is 50.2 Å². The van der Waals surface area contributed by atoms with Crippen molar-refractivity contribution in [2.75, 3.05) is 6.54 Å². The van der Waals surface area contributed by atoms with Crippen LogP contribution in [0.1, 0.15) is 50.5 Å². The molecule has 0 N–H and O–H groups in total. The summed E-state index contributed by atoms with van der Waals surface area (Å²) >= 11 is 0. The maximum atomic E-state index is 12.8. The van der Waals surface area contributed by atoms with E-state index in [9.17, 15) is 9.59 Å². The van der Waals surface area contributed by atoms with Crippen molar-refractivity contribution >= 4 is 16.8 Å². The maximum Gasteiger partial charge on any atom is 0.261 e. The molecule has 138 valence electrons. The Morgan fingerprint density at radius 3 is 2.88 bits per heavy atom. The van der Waals surface area contributed by atoms with Crippen molar-refractivity contribution in [1.29, 1.82) is 0 Å². The SMILES string of the molecule is Cc1cccc2c(=O)n(CCC(=O)N3CCC[C@H]4CCCC[C@@H]43)cnc12. The number of hydrogen-bond donors (Lipinski definition) is 0. The third-order valence-corrected chi connectivity index (χ3v) is 6.19. The number of rotatable bonds is 3. The molecule has 1 aromatic heterocycles. The van der Waals surface area contributed by atoms with Gasteiger partial charge in [-0.1, -0.05) is 25.0 Å². The molecule has 1 saturated heterocycles. The molecule has 5 heteroatoms. The van der Waals surface area contributed by atoms with Crippen LogP contribution in [-0.4, -0.2) is 32.9 Å². The predicted octanol–water partition coefficient (Wildman–Crippen LogP) is 3.28. The largest absolute Gasteiger partial charge is 0.339 e. The molecular weight excluding hydrogens is 326 g/mol. The van der Waals surface area contributed by atoms with E-state index < -0.39 is 0 Å². The Bertz CT molecular complexity index is 871. The molecule has 0 spiro atoms. The van der Waals surface area contributed by atoms with Crippen LogP contribution in [0.15, 0.2) is 29.3 Å². The lowest BCUT2D eigenvalue weighted by Gasteiger charge is -2.44. The molecule has 2 aromatic rings. The van der Waals surface area contributed by atoms with Gasteiger partial charge in [-0.2, -0.15) is 0 Å². The van der Waals surface area contributed by atoms with E-state index in [0.29, 0.717) is 30.3 Å². The first-order chi connectivity index (χ1) is 12.6. The molecule has 5 nitrogen and oxygen atoms in total. The van der Waals surface area contributed by atoms with Gasteiger partial charge in [0.2, 0.25) is 5.91 Å². The van der Waals surface area contributed by atoms with E-state index in [-0.39, 0.29) is 11.5 Å². The zero-order chi connectivity index (χ0) is 18.1. The number of para-hydroxylation sites is 1. The number of piperidine rings is 1. The number of nitrogens with zero attached hydrogens (tertiary/aromatic N) is 3. The molecule has 1 aliphatic heterocycles. The van der Waals surface area contributed by atoms with Crippen LogP contribution in [0.5, 0.6) is 0 Å². The van der Waals surface area contributed by atoms with E-state index in [1.165, 1.54) is 25.7 Å². The Kier molecular flexibility index (Phi) is 4.79. The van der Waals surface area contributed by atoms with Crippen LogP contribution >= 0.6 is 0 Å². The standard InChI is InChI=1S/C21H27N3O2/c1-15-6-4-9-17-20(15)22-14-23(21(17)26)13-11-19(25)24-12-5-8-16-7-2-3-10-18(16)24/h4,6,9,14,16,18H,2-3,5,7-8,10-13H2,1H3/t16-,18+/m1/s1. The van der Waals surface area contributed by atoms with Gasteiger partial charge < -0.3 is 4.90 Å². The zero-order valence-electron chi connectivity index (χ0n) is 15.5. The molecule has 0 bridgehead atoms. The van der Waals surface area contributed by atoms with Crippen LogP contribution in [0.25, 0.3) is 10.9 Å². The molecule has 2 aliphatic rings. The van der Waals surface area contributed by atoms with Crippen LogP contribution in [0, 0.1) is 12.8 Å². The van der Waals surface area contributed by atoms with Gasteiger partial charge in [0.15, 0.2) is 0 Å². The third kappa shape index (κ3) is 3.15. The highest BCUT2D eigenvalue weighted by Gasteiger charge is 2.35. The van der Waals surface area contributed by atoms with Gasteiger partial charge in [0.05, 0.1) is 17.2 Å². The highest BCUT2D eigenvalue weighted by atomic mass is 16.2. The van der Waals surface area contributed by atoms with Gasteiger partial charge in [0, 0.05) is 25.6 Å². The van der Waals surface area contributed by atoms with Crippen LogP contribution in [0.3, 0.4) is 0 Å². The summed E-state index contributed by atoms with van der Waals surface area (Å²) in [7, 11) is 0. The Morgan fingerprint density at radius 2 is 2.00 bits per heavy atom. The lowest BCUT2D eigenvalue weighted by Crippen LogP contribution is -2.49. The monoisotopic (exact) mass is 353 g/mol. The Morgan fingerprint density at radius 1 is 1.19 bits per heavy atom. The van der Waals surface area contributed by atoms with Crippen molar-refractivity contribution in [3.05, 3.63) is 40.4 Å². The summed E-state index contributed by atoms with van der Waals surface area (Å²) < 4.78 is 1.59. The lowest BCUT2D eigenvalue weighted by atomic mass is 9.78. The van der Waals surface area contributed by atoms with Gasteiger partial charge in [-0.15, -0.1) is 0 Å². The summed E-state index contributed by atoms with van der Waals surface area (Å²) in [5.74, 6) is 0.882. The van der Waals surface area contributed by atoms with Crippen LogP contribution in [0.4, 0.5) is 0 Å². The van der Waals surface area contributed by atoms with Gasteiger partial charge in [0.25, 0.3) is 5.56 Å². The summed E-state index contributed by atoms with van der Waals surface area (Å²) in [6, 6.07) is 6.08. The molecule has 26 heavy (non-hydrogen) atoms. The van der Waals surface area contributed by atoms with Crippen molar-refractivity contribution in [2.45, 2.75) is 64.5 Å². The fraction of sp³-hybridized carbons (Fsp3) is 0.571. The number of benzene rings is 1. The van der Waals surface area contributed by atoms with Gasteiger partial charge >= 0.3 is 0 Å². The van der Waals surface area contributed by atoms with E-state index in [1.54, 1.807) is 10.9 Å². The summed E-state index contributed by atoms with van der Waals surface area (Å²) in [5.41, 5.74) is 1.70. The average Bonchev–Trinajstić information content (AvgIpc) is 2.67. The molecule has 2 heterocycles. The number of hydrogen-bond acceptors (Lipinski definition) is 3. The van der Waals surface area contributed by atoms with E-state index in [1.807, 2.05) is 25.1 Å². The highest BCUT2D eigenvalue weighted by Crippen LogP contribution is 2.35. The summed E-state index contributed by atoms with van der Waals surface area (Å²) in [6.45, 7) is 3.24. The minimum atomic E-state index is -0.0549. The summed E-state index contributed by atoms with van der Waals surface area (Å²) in [6.07, 6.45) is 9.30. The third-order valence-electron chi connectivity index (χ3n) is 6.19. The zero-order valence-corrected chi connectivity index (χ0v) is 15.5. The number of carbonyl (C=O) groups is 1. The second-order valence-corrected chi connectivity index (χ2v) is 7.81. The minimum absolute atomic E-state index is 0.0549. The molecule has 0 unspecified atom stereocenters. The maximum absolute atomic E-state index is 12.8. The second-order valence-electron chi connectivity index (χ2n) is 7.81. The number of amides is 1. The number of aryl methyl sites for hydroxylation is 2. The van der Waals surface area contributed by atoms with Crippen LogP contribution in [-0.2, 0) is 11.3 Å². The van der Waals surface area contributed by atoms with Crippen LogP contribution in [0.2, 0.25) is 0 Å². The normalized spacial score (nSPS) is 23.0. The number of aromatic nitrogens is 2. The topological polar surface area (TPSA) is 55.2 Å².